The predicted molar refractivity (Wildman–Crippen MR) is 54.9 cm³/mol. The highest BCUT2D eigenvalue weighted by molar-refractivity contribution is 7.91. The van der Waals surface area contributed by atoms with Crippen LogP contribution in [0.4, 0.5) is 5.69 Å². The number of nitrogens with two attached hydrogens (primary N) is 1. The maximum absolute atomic E-state index is 11.5. The molecule has 4 nitrogen and oxygen atoms in total. The molecule has 0 fully saturated rings. The number of ether oxygens (including phenoxy) is 1. The quantitative estimate of drug-likeness (QED) is 0.802. The molecule has 6 heteroatoms. The van der Waals surface area contributed by atoms with Gasteiger partial charge in [0.1, 0.15) is 0 Å². The summed E-state index contributed by atoms with van der Waals surface area (Å²) in [6.07, 6.45) is 0. The molecule has 14 heavy (non-hydrogen) atoms. The van der Waals surface area contributed by atoms with Crippen LogP contribution >= 0.6 is 11.6 Å². The number of rotatable bonds is 3. The van der Waals surface area contributed by atoms with E-state index in [1.165, 1.54) is 25.3 Å². The summed E-state index contributed by atoms with van der Waals surface area (Å²) < 4.78 is 27.6. The lowest BCUT2D eigenvalue weighted by molar-refractivity contribution is 0.250. The molecule has 0 atom stereocenters. The molecule has 0 saturated heterocycles. The number of anilines is 1. The number of nitrogen functional groups attached to an aromatic ring is 1. The van der Waals surface area contributed by atoms with Crippen molar-refractivity contribution in [3.05, 3.63) is 23.2 Å². The third kappa shape index (κ3) is 2.37. The zero-order chi connectivity index (χ0) is 10.8. The Labute approximate surface area is 87.5 Å². The molecule has 0 aromatic heterocycles. The third-order valence-electron chi connectivity index (χ3n) is 1.58. The lowest BCUT2D eigenvalue weighted by atomic mass is 10.3. The number of methoxy groups -OCH3 is 1. The average Bonchev–Trinajstić information content (AvgIpc) is 2.02. The summed E-state index contributed by atoms with van der Waals surface area (Å²) in [5.74, 6) is -0.390. The first-order chi connectivity index (χ1) is 6.47. The highest BCUT2D eigenvalue weighted by Gasteiger charge is 2.17. The monoisotopic (exact) mass is 235 g/mol. The van der Waals surface area contributed by atoms with Gasteiger partial charge < -0.3 is 10.5 Å². The normalized spacial score (nSPS) is 11.6. The van der Waals surface area contributed by atoms with E-state index >= 15 is 0 Å². The first-order valence-electron chi connectivity index (χ1n) is 3.74. The molecule has 0 amide bonds. The summed E-state index contributed by atoms with van der Waals surface area (Å²) in [7, 11) is -2.15. The number of hydrogen-bond donors (Lipinski definition) is 1. The zero-order valence-electron chi connectivity index (χ0n) is 7.53. The van der Waals surface area contributed by atoms with Gasteiger partial charge in [-0.25, -0.2) is 8.42 Å². The van der Waals surface area contributed by atoms with Gasteiger partial charge in [-0.3, -0.25) is 0 Å². The van der Waals surface area contributed by atoms with Gasteiger partial charge in [-0.15, -0.1) is 0 Å². The van der Waals surface area contributed by atoms with Crippen molar-refractivity contribution in [2.45, 2.75) is 4.90 Å². The Bertz CT molecular complexity index is 430. The fraction of sp³-hybridized carbons (Fsp3) is 0.250. The molecule has 0 saturated carbocycles. The second kappa shape index (κ2) is 4.16. The van der Waals surface area contributed by atoms with Crippen LogP contribution in [0.5, 0.6) is 0 Å². The molecule has 1 aromatic carbocycles. The summed E-state index contributed by atoms with van der Waals surface area (Å²) in [6.45, 7) is 0. The predicted octanol–water partition coefficient (Wildman–Crippen LogP) is 1.30. The molecule has 0 bridgehead atoms. The van der Waals surface area contributed by atoms with Crippen LogP contribution in [0.1, 0.15) is 0 Å². The largest absolute Gasteiger partial charge is 0.398 e. The van der Waals surface area contributed by atoms with E-state index in [0.717, 1.165) is 0 Å². The smallest absolute Gasteiger partial charge is 0.204 e. The lowest BCUT2D eigenvalue weighted by Gasteiger charge is -2.06. The Balaban J connectivity index is 3.20. The van der Waals surface area contributed by atoms with E-state index in [1.807, 2.05) is 0 Å². The van der Waals surface area contributed by atoms with Gasteiger partial charge >= 0.3 is 0 Å². The second-order valence-electron chi connectivity index (χ2n) is 2.70. The molecule has 0 spiro atoms. The Hall–Kier alpha value is -0.780. The fourth-order valence-electron chi connectivity index (χ4n) is 1.02. The highest BCUT2D eigenvalue weighted by Crippen LogP contribution is 2.23. The topological polar surface area (TPSA) is 69.4 Å². The van der Waals surface area contributed by atoms with Gasteiger partial charge in [0, 0.05) is 12.1 Å². The van der Waals surface area contributed by atoms with E-state index in [4.69, 9.17) is 17.3 Å². The number of benzene rings is 1. The van der Waals surface area contributed by atoms with Crippen molar-refractivity contribution in [1.29, 1.82) is 0 Å². The van der Waals surface area contributed by atoms with Gasteiger partial charge in [0.15, 0.2) is 5.94 Å². The molecular formula is C8H10ClNO3S. The van der Waals surface area contributed by atoms with E-state index in [0.29, 0.717) is 5.02 Å². The maximum atomic E-state index is 11.5. The molecule has 1 rings (SSSR count). The maximum Gasteiger partial charge on any atom is 0.204 e. The van der Waals surface area contributed by atoms with Crippen molar-refractivity contribution >= 4 is 27.1 Å². The van der Waals surface area contributed by atoms with Crippen LogP contribution in [-0.4, -0.2) is 21.5 Å². The minimum Gasteiger partial charge on any atom is -0.398 e. The van der Waals surface area contributed by atoms with Crippen molar-refractivity contribution < 1.29 is 13.2 Å². The molecule has 0 aliphatic rings. The number of hydrogen-bond acceptors (Lipinski definition) is 4. The Kier molecular flexibility index (Phi) is 3.36. The van der Waals surface area contributed by atoms with Gasteiger partial charge in [-0.2, -0.15) is 0 Å². The summed E-state index contributed by atoms with van der Waals surface area (Å²) in [6, 6.07) is 4.23. The van der Waals surface area contributed by atoms with Crippen LogP contribution in [0.3, 0.4) is 0 Å². The minimum atomic E-state index is -3.46. The first-order valence-corrected chi connectivity index (χ1v) is 5.77. The molecule has 0 radical (unpaired) electrons. The molecule has 78 valence electrons. The van der Waals surface area contributed by atoms with Crippen LogP contribution in [0, 0.1) is 0 Å². The van der Waals surface area contributed by atoms with Crippen LogP contribution < -0.4 is 5.73 Å². The van der Waals surface area contributed by atoms with Gasteiger partial charge in [0.2, 0.25) is 9.84 Å². The standard InChI is InChI=1S/C8H10ClNO3S/c1-13-5-14(11,12)8-3-2-6(9)4-7(8)10/h2-4H,5,10H2,1H3. The molecule has 0 heterocycles. The van der Waals surface area contributed by atoms with Crippen LogP contribution in [0.25, 0.3) is 0 Å². The summed E-state index contributed by atoms with van der Waals surface area (Å²) in [4.78, 5) is 0.0451. The Morgan fingerprint density at radius 1 is 1.50 bits per heavy atom. The van der Waals surface area contributed by atoms with Gasteiger partial charge in [0.25, 0.3) is 0 Å². The van der Waals surface area contributed by atoms with Crippen molar-refractivity contribution in [2.75, 3.05) is 18.8 Å². The van der Waals surface area contributed by atoms with E-state index in [9.17, 15) is 8.42 Å². The minimum absolute atomic E-state index is 0.0451. The van der Waals surface area contributed by atoms with Crippen molar-refractivity contribution in [3.63, 3.8) is 0 Å². The van der Waals surface area contributed by atoms with Crippen molar-refractivity contribution in [1.82, 2.24) is 0 Å². The molecule has 0 unspecified atom stereocenters. The number of sulfone groups is 1. The van der Waals surface area contributed by atoms with Gasteiger partial charge in [-0.05, 0) is 18.2 Å². The van der Waals surface area contributed by atoms with E-state index in [-0.39, 0.29) is 10.6 Å². The van der Waals surface area contributed by atoms with Crippen molar-refractivity contribution in [2.24, 2.45) is 0 Å². The SMILES string of the molecule is COCS(=O)(=O)c1ccc(Cl)cc1N. The van der Waals surface area contributed by atoms with Gasteiger partial charge in [-0.1, -0.05) is 11.6 Å². The van der Waals surface area contributed by atoms with E-state index < -0.39 is 15.8 Å². The summed E-state index contributed by atoms with van der Waals surface area (Å²) in [5.41, 5.74) is 5.65. The first kappa shape index (κ1) is 11.3. The Morgan fingerprint density at radius 2 is 2.14 bits per heavy atom. The summed E-state index contributed by atoms with van der Waals surface area (Å²) in [5, 5.41) is 0.402. The average molecular weight is 236 g/mol. The third-order valence-corrected chi connectivity index (χ3v) is 3.40. The molecule has 2 N–H and O–H groups in total. The second-order valence-corrected chi connectivity index (χ2v) is 5.04. The Morgan fingerprint density at radius 3 is 2.64 bits per heavy atom. The summed E-state index contributed by atoms with van der Waals surface area (Å²) >= 11 is 5.64. The molecule has 0 aliphatic carbocycles. The van der Waals surface area contributed by atoms with Crippen LogP contribution in [0.2, 0.25) is 5.02 Å². The highest BCUT2D eigenvalue weighted by atomic mass is 35.5. The fourth-order valence-corrected chi connectivity index (χ4v) is 2.33. The molecule has 0 aliphatic heterocycles. The van der Waals surface area contributed by atoms with E-state index in [1.54, 1.807) is 0 Å². The molecule has 1 aromatic rings. The van der Waals surface area contributed by atoms with Crippen LogP contribution in [-0.2, 0) is 14.6 Å². The number of halogens is 1. The van der Waals surface area contributed by atoms with Crippen LogP contribution in [0.15, 0.2) is 23.1 Å². The van der Waals surface area contributed by atoms with E-state index in [2.05, 4.69) is 4.74 Å². The van der Waals surface area contributed by atoms with Crippen molar-refractivity contribution in [3.8, 4) is 0 Å². The van der Waals surface area contributed by atoms with Gasteiger partial charge in [0.05, 0.1) is 10.6 Å². The zero-order valence-corrected chi connectivity index (χ0v) is 9.10. The molecular weight excluding hydrogens is 226 g/mol. The lowest BCUT2D eigenvalue weighted by Crippen LogP contribution is -2.10.